The molecule has 0 fully saturated rings. The topological polar surface area (TPSA) is 113 Å². The molecule has 0 amide bonds. The van der Waals surface area contributed by atoms with Gasteiger partial charge in [-0.2, -0.15) is 0 Å². The number of furan rings is 1. The molecule has 0 radical (unpaired) electrons. The number of nitrogens with one attached hydrogen (secondary N) is 1. The van der Waals surface area contributed by atoms with E-state index in [1.807, 2.05) is 25.1 Å². The van der Waals surface area contributed by atoms with Crippen molar-refractivity contribution < 1.29 is 9.52 Å². The van der Waals surface area contributed by atoms with Crippen LogP contribution in [0, 0.1) is 20.8 Å². The Labute approximate surface area is 220 Å². The zero-order valence-corrected chi connectivity index (χ0v) is 21.9. The van der Waals surface area contributed by atoms with E-state index in [4.69, 9.17) is 20.1 Å². The molecule has 2 aromatic heterocycles. The smallest absolute Gasteiger partial charge is 0.245 e. The number of aromatic nitrogens is 2. The van der Waals surface area contributed by atoms with E-state index in [2.05, 4.69) is 58.8 Å². The Morgan fingerprint density at radius 3 is 2.68 bits per heavy atom. The van der Waals surface area contributed by atoms with Gasteiger partial charge in [-0.05, 0) is 67.6 Å². The monoisotopic (exact) mass is 514 g/mol. The van der Waals surface area contributed by atoms with Gasteiger partial charge in [-0.3, -0.25) is 9.62 Å². The molecule has 0 aliphatic carbocycles. The maximum atomic E-state index is 10.1. The normalized spacial score (nSPS) is 18.7. The van der Waals surface area contributed by atoms with Crippen LogP contribution in [0.4, 0.5) is 0 Å². The van der Waals surface area contributed by atoms with Crippen LogP contribution in [0.25, 0.3) is 16.9 Å². The highest BCUT2D eigenvalue weighted by atomic mass is 32.2. The molecule has 3 heterocycles. The summed E-state index contributed by atoms with van der Waals surface area (Å²) in [4.78, 5) is 17.3. The Kier molecular flexibility index (Phi) is 7.27. The number of aliphatic hydroxyl groups is 1. The van der Waals surface area contributed by atoms with Gasteiger partial charge in [0.15, 0.2) is 0 Å². The van der Waals surface area contributed by atoms with Gasteiger partial charge in [-0.15, -0.1) is 0 Å². The lowest BCUT2D eigenvalue weighted by Crippen LogP contribution is -2.31. The third kappa shape index (κ3) is 5.39. The van der Waals surface area contributed by atoms with Gasteiger partial charge in [0.25, 0.3) is 0 Å². The minimum Gasteiger partial charge on any atom is -0.445 e. The van der Waals surface area contributed by atoms with Crippen LogP contribution in [0.15, 0.2) is 75.3 Å². The molecule has 2 aromatic carbocycles. The molecule has 2 bridgehead atoms. The number of hydrogen-bond acceptors (Lipinski definition) is 9. The van der Waals surface area contributed by atoms with E-state index >= 15 is 0 Å². The van der Waals surface area contributed by atoms with E-state index in [-0.39, 0.29) is 12.6 Å². The lowest BCUT2D eigenvalue weighted by atomic mass is 9.96. The van der Waals surface area contributed by atoms with Crippen molar-refractivity contribution in [2.75, 3.05) is 13.2 Å². The Morgan fingerprint density at radius 2 is 1.89 bits per heavy atom. The van der Waals surface area contributed by atoms with Crippen LogP contribution in [-0.2, 0) is 6.54 Å². The van der Waals surface area contributed by atoms with E-state index in [9.17, 15) is 5.11 Å². The fraction of sp³-hybridized carbons (Fsp3) is 0.250. The van der Waals surface area contributed by atoms with Crippen molar-refractivity contribution in [3.8, 4) is 0 Å². The van der Waals surface area contributed by atoms with E-state index in [0.29, 0.717) is 24.8 Å². The van der Waals surface area contributed by atoms with Crippen LogP contribution < -0.4 is 10.5 Å². The van der Waals surface area contributed by atoms with Crippen molar-refractivity contribution in [3.05, 3.63) is 94.5 Å². The first-order valence-electron chi connectivity index (χ1n) is 12.1. The second-order valence-electron chi connectivity index (χ2n) is 9.17. The average Bonchev–Trinajstić information content (AvgIpc) is 3.25. The second-order valence-corrected chi connectivity index (χ2v) is 10.0. The summed E-state index contributed by atoms with van der Waals surface area (Å²) in [5.41, 5.74) is 14.4. The van der Waals surface area contributed by atoms with Gasteiger partial charge >= 0.3 is 0 Å². The first-order valence-corrected chi connectivity index (χ1v) is 12.9. The number of guanidine groups is 1. The molecule has 0 spiro atoms. The number of aliphatic imine (C=N–C) groups is 1. The van der Waals surface area contributed by atoms with Gasteiger partial charge in [-0.25, -0.2) is 15.0 Å². The van der Waals surface area contributed by atoms with Crippen molar-refractivity contribution in [1.82, 2.24) is 19.6 Å². The van der Waals surface area contributed by atoms with Gasteiger partial charge in [0.1, 0.15) is 5.52 Å². The van der Waals surface area contributed by atoms with Crippen molar-refractivity contribution >= 4 is 34.8 Å². The molecule has 190 valence electrons. The Morgan fingerprint density at radius 1 is 1.11 bits per heavy atom. The summed E-state index contributed by atoms with van der Waals surface area (Å²) in [6.07, 6.45) is 5.53. The van der Waals surface area contributed by atoms with Crippen molar-refractivity contribution in [3.63, 3.8) is 0 Å². The molecule has 0 saturated heterocycles. The fourth-order valence-electron chi connectivity index (χ4n) is 4.67. The van der Waals surface area contributed by atoms with Gasteiger partial charge < -0.3 is 15.3 Å². The Hall–Kier alpha value is -3.66. The zero-order valence-electron chi connectivity index (χ0n) is 21.1. The number of hydrogen-bond donors (Lipinski definition) is 3. The minimum absolute atomic E-state index is 0.00905. The lowest BCUT2D eigenvalue weighted by molar-refractivity contribution is 0.163. The molecular formula is C28H30N6O2S. The fourth-order valence-corrected chi connectivity index (χ4v) is 5.28. The summed E-state index contributed by atoms with van der Waals surface area (Å²) in [5.74, 6) is 0.324. The summed E-state index contributed by atoms with van der Waals surface area (Å²) >= 11 is 1.42. The Bertz CT molecular complexity index is 1480. The van der Waals surface area contributed by atoms with Crippen LogP contribution in [-0.4, -0.2) is 39.1 Å². The highest BCUT2D eigenvalue weighted by molar-refractivity contribution is 7.98. The van der Waals surface area contributed by atoms with Crippen LogP contribution in [0.2, 0.25) is 0 Å². The lowest BCUT2D eigenvalue weighted by Gasteiger charge is -2.30. The number of nitrogens with two attached hydrogens (primary N) is 1. The molecule has 1 atom stereocenters. The predicted molar refractivity (Wildman–Crippen MR) is 148 cm³/mol. The number of fused-ring (bicyclic) bond motifs is 3. The molecular weight excluding hydrogens is 484 g/mol. The summed E-state index contributed by atoms with van der Waals surface area (Å²) in [7, 11) is 0. The third-order valence-electron chi connectivity index (χ3n) is 6.42. The van der Waals surface area contributed by atoms with Gasteiger partial charge in [0, 0.05) is 29.1 Å². The van der Waals surface area contributed by atoms with Gasteiger partial charge in [0.05, 0.1) is 36.5 Å². The molecule has 5 rings (SSSR count). The predicted octanol–water partition coefficient (Wildman–Crippen LogP) is 4.65. The SMILES string of the molecule is Cc1cccc(C)c1C1=C/C(N(CCO)Cc2cnc3occ(C)c3n2)c2cccc(c2)SN\C(N)=N\1. The molecule has 9 heteroatoms. The van der Waals surface area contributed by atoms with Crippen molar-refractivity contribution in [1.29, 1.82) is 0 Å². The number of aryl methyl sites for hydroxylation is 3. The van der Waals surface area contributed by atoms with Gasteiger partial charge in [0.2, 0.25) is 11.7 Å². The van der Waals surface area contributed by atoms with E-state index in [0.717, 1.165) is 49.6 Å². The highest BCUT2D eigenvalue weighted by Crippen LogP contribution is 2.33. The Balaban J connectivity index is 1.65. The summed E-state index contributed by atoms with van der Waals surface area (Å²) in [6, 6.07) is 14.3. The van der Waals surface area contributed by atoms with E-state index < -0.39 is 0 Å². The maximum Gasteiger partial charge on any atom is 0.245 e. The van der Waals surface area contributed by atoms with Gasteiger partial charge in [-0.1, -0.05) is 30.3 Å². The number of rotatable bonds is 6. The molecule has 37 heavy (non-hydrogen) atoms. The largest absolute Gasteiger partial charge is 0.445 e. The maximum absolute atomic E-state index is 10.1. The summed E-state index contributed by atoms with van der Waals surface area (Å²) in [6.45, 7) is 7.01. The molecule has 1 aliphatic heterocycles. The zero-order chi connectivity index (χ0) is 25.9. The number of benzene rings is 2. The van der Waals surface area contributed by atoms with E-state index in [1.165, 1.54) is 11.9 Å². The first-order chi connectivity index (χ1) is 17.9. The average molecular weight is 515 g/mol. The van der Waals surface area contributed by atoms with Crippen LogP contribution >= 0.6 is 11.9 Å². The quantitative estimate of drug-likeness (QED) is 0.319. The van der Waals surface area contributed by atoms with Crippen LogP contribution in [0.1, 0.15) is 39.6 Å². The molecule has 1 unspecified atom stereocenters. The molecule has 0 saturated carbocycles. The standard InChI is InChI=1S/C28H30N6O2S/c1-17-6-4-7-18(2)25(17)23-13-24(20-8-5-9-22(12-20)37-33-28(29)32-23)34(10-11-35)15-21-14-30-27-26(31-21)19(3)16-36-27/h4-9,12-14,16,24,35H,10-11,15H2,1-3H3,(H3,29,32,33)/b23-13-. The third-order valence-corrected chi connectivity index (χ3v) is 7.22. The molecule has 1 aliphatic rings. The highest BCUT2D eigenvalue weighted by Gasteiger charge is 2.23. The molecule has 4 aromatic rings. The van der Waals surface area contributed by atoms with Crippen LogP contribution in [0.3, 0.4) is 0 Å². The first kappa shape index (κ1) is 25.0. The molecule has 8 nitrogen and oxygen atoms in total. The van der Waals surface area contributed by atoms with Crippen molar-refractivity contribution in [2.24, 2.45) is 10.7 Å². The van der Waals surface area contributed by atoms with Crippen LogP contribution in [0.5, 0.6) is 0 Å². The van der Waals surface area contributed by atoms with Crippen molar-refractivity contribution in [2.45, 2.75) is 38.3 Å². The second kappa shape index (κ2) is 10.8. The summed E-state index contributed by atoms with van der Waals surface area (Å²) < 4.78 is 8.63. The minimum atomic E-state index is -0.209. The summed E-state index contributed by atoms with van der Waals surface area (Å²) in [5, 5.41) is 10.1. The number of aliphatic hydroxyl groups excluding tert-OH is 1. The number of nitrogens with zero attached hydrogens (tertiary/aromatic N) is 4. The van der Waals surface area contributed by atoms with E-state index in [1.54, 1.807) is 12.5 Å². The molecule has 4 N–H and O–H groups in total.